The van der Waals surface area contributed by atoms with Crippen LogP contribution < -0.4 is 10.1 Å². The topological polar surface area (TPSA) is 78.3 Å². The zero-order chi connectivity index (χ0) is 23.5. The number of hydrogen-bond acceptors (Lipinski definition) is 7. The molecule has 0 saturated carbocycles. The quantitative estimate of drug-likeness (QED) is 0.324. The summed E-state index contributed by atoms with van der Waals surface area (Å²) in [6.45, 7) is 4.10. The molecule has 0 saturated heterocycles. The van der Waals surface area contributed by atoms with E-state index in [2.05, 4.69) is 15.4 Å². The molecule has 172 valence electrons. The monoisotopic (exact) mass is 504 g/mol. The number of allylic oxidation sites excluding steroid dienone is 1. The summed E-state index contributed by atoms with van der Waals surface area (Å²) >= 11 is 14.0. The first-order valence-electron chi connectivity index (χ1n) is 10.2. The van der Waals surface area contributed by atoms with Crippen LogP contribution in [0.15, 0.2) is 58.9 Å². The van der Waals surface area contributed by atoms with Crippen molar-refractivity contribution in [3.63, 3.8) is 0 Å². The van der Waals surface area contributed by atoms with Gasteiger partial charge in [-0.05, 0) is 42.5 Å². The van der Waals surface area contributed by atoms with Crippen LogP contribution in [-0.2, 0) is 16.1 Å². The fraction of sp³-hybridized carbons (Fsp3) is 0.261. The van der Waals surface area contributed by atoms with Crippen LogP contribution in [0.4, 0.5) is 5.95 Å². The fourth-order valence-corrected chi connectivity index (χ4v) is 4.64. The minimum atomic E-state index is -0.487. The van der Waals surface area contributed by atoms with Crippen LogP contribution in [0.5, 0.6) is 5.75 Å². The summed E-state index contributed by atoms with van der Waals surface area (Å²) in [7, 11) is 1.37. The predicted octanol–water partition coefficient (Wildman–Crippen LogP) is 5.74. The van der Waals surface area contributed by atoms with Crippen LogP contribution >= 0.6 is 35.0 Å². The number of fused-ring (bicyclic) bond motifs is 1. The van der Waals surface area contributed by atoms with Gasteiger partial charge in [-0.1, -0.05) is 60.1 Å². The first-order chi connectivity index (χ1) is 15.9. The van der Waals surface area contributed by atoms with Crippen LogP contribution in [0.3, 0.4) is 0 Å². The molecule has 33 heavy (non-hydrogen) atoms. The van der Waals surface area contributed by atoms with Crippen molar-refractivity contribution in [1.82, 2.24) is 14.8 Å². The highest BCUT2D eigenvalue weighted by Crippen LogP contribution is 2.37. The lowest BCUT2D eigenvalue weighted by atomic mass is 9.96. The predicted molar refractivity (Wildman–Crippen MR) is 130 cm³/mol. The van der Waals surface area contributed by atoms with Crippen LogP contribution in [0.2, 0.25) is 10.0 Å². The number of carbonyl (C=O) groups is 1. The van der Waals surface area contributed by atoms with E-state index in [1.165, 1.54) is 18.9 Å². The van der Waals surface area contributed by atoms with Gasteiger partial charge in [0.25, 0.3) is 0 Å². The summed E-state index contributed by atoms with van der Waals surface area (Å²) in [6.07, 6.45) is 0. The van der Waals surface area contributed by atoms with Crippen molar-refractivity contribution in [1.29, 1.82) is 0 Å². The lowest BCUT2D eigenvalue weighted by molar-refractivity contribution is -0.136. The van der Waals surface area contributed by atoms with Gasteiger partial charge in [-0.2, -0.15) is 4.98 Å². The van der Waals surface area contributed by atoms with Gasteiger partial charge in [0, 0.05) is 21.3 Å². The number of nitrogens with zero attached hydrogens (tertiary/aromatic N) is 3. The minimum absolute atomic E-state index is 0.239. The highest BCUT2D eigenvalue weighted by Gasteiger charge is 2.35. The lowest BCUT2D eigenvalue weighted by Crippen LogP contribution is -2.29. The first-order valence-corrected chi connectivity index (χ1v) is 12.0. The van der Waals surface area contributed by atoms with Gasteiger partial charge in [-0.15, -0.1) is 5.10 Å². The number of carbonyl (C=O) groups excluding carboxylic acids is 1. The Kier molecular flexibility index (Phi) is 7.17. The molecule has 0 fully saturated rings. The molecule has 1 atom stereocenters. The lowest BCUT2D eigenvalue weighted by Gasteiger charge is -2.27. The third kappa shape index (κ3) is 4.83. The molecule has 0 amide bonds. The molecule has 1 aliphatic heterocycles. The Balaban J connectivity index is 1.64. The number of halogens is 2. The van der Waals surface area contributed by atoms with E-state index < -0.39 is 12.0 Å². The van der Waals surface area contributed by atoms with Crippen molar-refractivity contribution in [3.8, 4) is 5.75 Å². The van der Waals surface area contributed by atoms with Crippen LogP contribution in [0.1, 0.15) is 31.0 Å². The molecule has 10 heteroatoms. The van der Waals surface area contributed by atoms with E-state index in [0.717, 1.165) is 16.9 Å². The Labute approximate surface area is 206 Å². The first kappa shape index (κ1) is 23.5. The van der Waals surface area contributed by atoms with E-state index in [1.807, 2.05) is 38.1 Å². The number of ether oxygens (including phenoxy) is 2. The van der Waals surface area contributed by atoms with E-state index in [0.29, 0.717) is 38.2 Å². The molecule has 2 heterocycles. The molecule has 0 radical (unpaired) electrons. The molecular formula is C23H22Cl2N4O3S. The fourth-order valence-electron chi connectivity index (χ4n) is 3.58. The van der Waals surface area contributed by atoms with Crippen LogP contribution in [0, 0.1) is 0 Å². The van der Waals surface area contributed by atoms with Gasteiger partial charge in [0.05, 0.1) is 12.7 Å². The van der Waals surface area contributed by atoms with Gasteiger partial charge >= 0.3 is 5.97 Å². The number of hydrogen-bond donors (Lipinski definition) is 1. The van der Waals surface area contributed by atoms with Gasteiger partial charge in [0.15, 0.2) is 0 Å². The Morgan fingerprint density at radius 1 is 1.18 bits per heavy atom. The SMILES string of the molecule is CCSc1nc2n(n1)C(c1ccc(OCc3c(Cl)cccc3Cl)cc1)C(C(=O)OC)=C(C)N2. The summed E-state index contributed by atoms with van der Waals surface area (Å²) in [5.41, 5.74) is 2.72. The molecule has 0 aliphatic carbocycles. The van der Waals surface area contributed by atoms with E-state index in [9.17, 15) is 4.79 Å². The summed E-state index contributed by atoms with van der Waals surface area (Å²) in [5.74, 6) is 1.63. The van der Waals surface area contributed by atoms with Crippen LogP contribution in [-0.4, -0.2) is 33.6 Å². The summed E-state index contributed by atoms with van der Waals surface area (Å²) in [4.78, 5) is 17.2. The maximum absolute atomic E-state index is 12.7. The van der Waals surface area contributed by atoms with E-state index in [-0.39, 0.29) is 6.61 Å². The second-order valence-corrected chi connectivity index (χ2v) is 9.26. The number of thioether (sulfide) groups is 1. The second-order valence-electron chi connectivity index (χ2n) is 7.21. The maximum atomic E-state index is 12.7. The van der Waals surface area contributed by atoms with Gasteiger partial charge in [0.1, 0.15) is 18.4 Å². The number of nitrogens with one attached hydrogen (secondary N) is 1. The Hall–Kier alpha value is -2.68. The molecular weight excluding hydrogens is 483 g/mol. The van der Waals surface area contributed by atoms with Crippen molar-refractivity contribution in [2.24, 2.45) is 0 Å². The van der Waals surface area contributed by atoms with Crippen molar-refractivity contribution in [2.45, 2.75) is 31.7 Å². The highest BCUT2D eigenvalue weighted by atomic mass is 35.5. The van der Waals surface area contributed by atoms with Crippen molar-refractivity contribution >= 4 is 46.9 Å². The van der Waals surface area contributed by atoms with E-state index >= 15 is 0 Å². The standard InChI is InChI=1S/C23H22Cl2N4O3S/c1-4-33-23-27-22-26-13(2)19(21(30)31-3)20(29(22)28-23)14-8-10-15(11-9-14)32-12-16-17(24)6-5-7-18(16)25/h5-11,20H,4,12H2,1-3H3,(H,26,27,28). The molecule has 1 aromatic heterocycles. The van der Waals surface area contributed by atoms with Gasteiger partial charge in [0.2, 0.25) is 11.1 Å². The molecule has 1 N–H and O–H groups in total. The van der Waals surface area contributed by atoms with E-state index in [1.54, 1.807) is 22.9 Å². The number of rotatable bonds is 7. The Morgan fingerprint density at radius 3 is 2.52 bits per heavy atom. The summed E-state index contributed by atoms with van der Waals surface area (Å²) < 4.78 is 12.7. The Morgan fingerprint density at radius 2 is 1.88 bits per heavy atom. The minimum Gasteiger partial charge on any atom is -0.489 e. The molecule has 0 bridgehead atoms. The second kappa shape index (κ2) is 10.1. The van der Waals surface area contributed by atoms with E-state index in [4.69, 9.17) is 32.7 Å². The molecule has 1 aliphatic rings. The average Bonchev–Trinajstić information content (AvgIpc) is 3.20. The van der Waals surface area contributed by atoms with Crippen molar-refractivity contribution < 1.29 is 14.3 Å². The molecule has 4 rings (SSSR count). The van der Waals surface area contributed by atoms with Crippen LogP contribution in [0.25, 0.3) is 0 Å². The number of methoxy groups -OCH3 is 1. The molecule has 7 nitrogen and oxygen atoms in total. The number of anilines is 1. The highest BCUT2D eigenvalue weighted by molar-refractivity contribution is 7.99. The number of esters is 1. The van der Waals surface area contributed by atoms with Gasteiger partial charge < -0.3 is 14.8 Å². The summed E-state index contributed by atoms with van der Waals surface area (Å²) in [6, 6.07) is 12.3. The zero-order valence-electron chi connectivity index (χ0n) is 18.3. The third-order valence-corrected chi connectivity index (χ3v) is 6.58. The Bertz CT molecular complexity index is 1190. The molecule has 1 unspecified atom stereocenters. The van der Waals surface area contributed by atoms with Gasteiger partial charge in [-0.25, -0.2) is 9.48 Å². The molecule has 2 aromatic carbocycles. The number of benzene rings is 2. The van der Waals surface area contributed by atoms with Crippen molar-refractivity contribution in [3.05, 3.63) is 74.9 Å². The molecule has 3 aromatic rings. The number of aromatic nitrogens is 3. The van der Waals surface area contributed by atoms with Gasteiger partial charge in [-0.3, -0.25) is 0 Å². The zero-order valence-corrected chi connectivity index (χ0v) is 20.6. The molecule has 0 spiro atoms. The average molecular weight is 505 g/mol. The normalized spacial score (nSPS) is 15.1. The maximum Gasteiger partial charge on any atom is 0.338 e. The smallest absolute Gasteiger partial charge is 0.338 e. The van der Waals surface area contributed by atoms with Crippen molar-refractivity contribution in [2.75, 3.05) is 18.2 Å². The third-order valence-electron chi connectivity index (χ3n) is 5.15. The summed E-state index contributed by atoms with van der Waals surface area (Å²) in [5, 5.41) is 9.53. The largest absolute Gasteiger partial charge is 0.489 e.